The first-order chi connectivity index (χ1) is 14.2. The average Bonchev–Trinajstić information content (AvgIpc) is 3.17. The molecule has 4 aromatic rings. The molecule has 0 fully saturated rings. The number of methoxy groups -OCH3 is 2. The van der Waals surface area contributed by atoms with Gasteiger partial charge in [-0.15, -0.1) is 0 Å². The van der Waals surface area contributed by atoms with Crippen molar-refractivity contribution in [3.05, 3.63) is 72.3 Å². The van der Waals surface area contributed by atoms with E-state index in [0.717, 1.165) is 4.70 Å². The summed E-state index contributed by atoms with van der Waals surface area (Å²) in [5.41, 5.74) is 1.05. The largest absolute Gasteiger partial charge is 0.495 e. The number of anilines is 1. The van der Waals surface area contributed by atoms with Gasteiger partial charge >= 0.3 is 0 Å². The number of amides is 1. The summed E-state index contributed by atoms with van der Waals surface area (Å²) in [5, 5.41) is 3.30. The van der Waals surface area contributed by atoms with Crippen LogP contribution in [0.1, 0.15) is 10.4 Å². The lowest BCUT2D eigenvalue weighted by molar-refractivity contribution is 0.102. The van der Waals surface area contributed by atoms with E-state index < -0.39 is 0 Å². The smallest absolute Gasteiger partial charge is 0.261 e. The molecule has 0 aliphatic rings. The third-order valence-electron chi connectivity index (χ3n) is 4.23. The fraction of sp³-hybridized carbons (Fsp3) is 0.0909. The SMILES string of the molecule is COc1ccc(OC)c2sc(NC(=O)c3ccccc3Oc3ccccc3)nc12. The van der Waals surface area contributed by atoms with Gasteiger partial charge < -0.3 is 14.2 Å². The lowest BCUT2D eigenvalue weighted by Gasteiger charge is -2.10. The zero-order valence-electron chi connectivity index (χ0n) is 15.8. The summed E-state index contributed by atoms with van der Waals surface area (Å²) in [6.45, 7) is 0. The lowest BCUT2D eigenvalue weighted by Crippen LogP contribution is -2.12. The van der Waals surface area contributed by atoms with Gasteiger partial charge in [0.05, 0.1) is 19.8 Å². The topological polar surface area (TPSA) is 69.7 Å². The molecule has 0 bridgehead atoms. The second-order valence-corrected chi connectivity index (χ2v) is 7.03. The maximum absolute atomic E-state index is 12.9. The maximum Gasteiger partial charge on any atom is 0.261 e. The monoisotopic (exact) mass is 406 g/mol. The minimum Gasteiger partial charge on any atom is -0.495 e. The van der Waals surface area contributed by atoms with Crippen LogP contribution in [0.5, 0.6) is 23.0 Å². The van der Waals surface area contributed by atoms with Crippen LogP contribution in [0.2, 0.25) is 0 Å². The molecule has 7 heteroatoms. The number of benzene rings is 3. The number of nitrogens with zero attached hydrogens (tertiary/aromatic N) is 1. The van der Waals surface area contributed by atoms with Crippen molar-refractivity contribution < 1.29 is 19.0 Å². The van der Waals surface area contributed by atoms with E-state index in [1.165, 1.54) is 11.3 Å². The average molecular weight is 406 g/mol. The Morgan fingerprint density at radius 1 is 0.862 bits per heavy atom. The molecule has 0 atom stereocenters. The number of carbonyl (C=O) groups excluding carboxylic acids is 1. The Labute approximate surface area is 171 Å². The summed E-state index contributed by atoms with van der Waals surface area (Å²) in [6.07, 6.45) is 0. The number of thiazole rings is 1. The molecular formula is C22H18N2O4S. The highest BCUT2D eigenvalue weighted by Crippen LogP contribution is 2.39. The zero-order valence-corrected chi connectivity index (χ0v) is 16.7. The second kappa shape index (κ2) is 8.20. The van der Waals surface area contributed by atoms with E-state index >= 15 is 0 Å². The zero-order chi connectivity index (χ0) is 20.2. The van der Waals surface area contributed by atoms with Crippen LogP contribution in [0.3, 0.4) is 0 Å². The Morgan fingerprint density at radius 2 is 1.55 bits per heavy atom. The first-order valence-corrected chi connectivity index (χ1v) is 9.66. The summed E-state index contributed by atoms with van der Waals surface area (Å²) in [6, 6.07) is 20.0. The van der Waals surface area contributed by atoms with E-state index in [1.54, 1.807) is 38.5 Å². The fourth-order valence-corrected chi connectivity index (χ4v) is 3.83. The van der Waals surface area contributed by atoms with Crippen molar-refractivity contribution in [3.63, 3.8) is 0 Å². The van der Waals surface area contributed by atoms with Crippen LogP contribution in [0.25, 0.3) is 10.2 Å². The summed E-state index contributed by atoms with van der Waals surface area (Å²) in [5.74, 6) is 2.10. The molecule has 29 heavy (non-hydrogen) atoms. The molecule has 0 radical (unpaired) electrons. The highest BCUT2D eigenvalue weighted by Gasteiger charge is 2.18. The van der Waals surface area contributed by atoms with Crippen molar-refractivity contribution >= 4 is 32.6 Å². The predicted octanol–water partition coefficient (Wildman–Crippen LogP) is 5.36. The lowest BCUT2D eigenvalue weighted by atomic mass is 10.2. The third kappa shape index (κ3) is 3.86. The standard InChI is InChI=1S/C22H18N2O4S/c1-26-17-12-13-18(27-2)20-19(17)23-22(29-20)24-21(25)15-10-6-7-11-16(15)28-14-8-4-3-5-9-14/h3-13H,1-2H3,(H,23,24,25). The molecule has 4 rings (SSSR count). The van der Waals surface area contributed by atoms with Crippen LogP contribution in [-0.2, 0) is 0 Å². The number of carbonyl (C=O) groups is 1. The van der Waals surface area contributed by atoms with Crippen molar-refractivity contribution in [2.24, 2.45) is 0 Å². The number of para-hydroxylation sites is 2. The Kier molecular flexibility index (Phi) is 5.31. The molecule has 1 aromatic heterocycles. The molecule has 0 aliphatic heterocycles. The summed E-state index contributed by atoms with van der Waals surface area (Å²) < 4.78 is 17.5. The normalized spacial score (nSPS) is 10.6. The molecule has 146 valence electrons. The van der Waals surface area contributed by atoms with Gasteiger partial charge in [0.25, 0.3) is 5.91 Å². The second-order valence-electron chi connectivity index (χ2n) is 6.03. The molecule has 6 nitrogen and oxygen atoms in total. The number of hydrogen-bond acceptors (Lipinski definition) is 6. The number of rotatable bonds is 6. The number of ether oxygens (including phenoxy) is 3. The van der Waals surface area contributed by atoms with Crippen molar-refractivity contribution in [1.82, 2.24) is 4.98 Å². The molecule has 1 N–H and O–H groups in total. The molecule has 3 aromatic carbocycles. The van der Waals surface area contributed by atoms with Gasteiger partial charge in [-0.05, 0) is 36.4 Å². The molecule has 0 spiro atoms. The maximum atomic E-state index is 12.9. The van der Waals surface area contributed by atoms with Gasteiger partial charge in [-0.2, -0.15) is 0 Å². The minimum atomic E-state index is -0.312. The van der Waals surface area contributed by atoms with Gasteiger partial charge in [-0.25, -0.2) is 4.98 Å². The molecule has 0 saturated carbocycles. The first-order valence-electron chi connectivity index (χ1n) is 8.84. The predicted molar refractivity (Wildman–Crippen MR) is 114 cm³/mol. The van der Waals surface area contributed by atoms with Crippen molar-refractivity contribution in [2.45, 2.75) is 0 Å². The van der Waals surface area contributed by atoms with E-state index in [9.17, 15) is 4.79 Å². The summed E-state index contributed by atoms with van der Waals surface area (Å²) >= 11 is 1.32. The number of fused-ring (bicyclic) bond motifs is 1. The molecule has 0 unspecified atom stereocenters. The van der Waals surface area contributed by atoms with Gasteiger partial charge in [-0.3, -0.25) is 10.1 Å². The highest BCUT2D eigenvalue weighted by atomic mass is 32.1. The fourth-order valence-electron chi connectivity index (χ4n) is 2.86. The van der Waals surface area contributed by atoms with E-state index in [-0.39, 0.29) is 5.91 Å². The van der Waals surface area contributed by atoms with Crippen LogP contribution >= 0.6 is 11.3 Å². The van der Waals surface area contributed by atoms with E-state index in [1.807, 2.05) is 42.5 Å². The van der Waals surface area contributed by atoms with E-state index in [2.05, 4.69) is 10.3 Å². The van der Waals surface area contributed by atoms with Gasteiger partial charge in [-0.1, -0.05) is 41.7 Å². The van der Waals surface area contributed by atoms with Gasteiger partial charge in [0.15, 0.2) is 5.13 Å². The van der Waals surface area contributed by atoms with Gasteiger partial charge in [0.1, 0.15) is 33.2 Å². The first kappa shape index (κ1) is 18.8. The summed E-state index contributed by atoms with van der Waals surface area (Å²) in [4.78, 5) is 17.4. The summed E-state index contributed by atoms with van der Waals surface area (Å²) in [7, 11) is 3.17. The van der Waals surface area contributed by atoms with Crippen LogP contribution in [-0.4, -0.2) is 25.1 Å². The number of nitrogens with one attached hydrogen (secondary N) is 1. The van der Waals surface area contributed by atoms with Crippen LogP contribution < -0.4 is 19.5 Å². The van der Waals surface area contributed by atoms with Crippen LogP contribution in [0.4, 0.5) is 5.13 Å². The Morgan fingerprint density at radius 3 is 2.31 bits per heavy atom. The number of hydrogen-bond donors (Lipinski definition) is 1. The van der Waals surface area contributed by atoms with Crippen LogP contribution in [0, 0.1) is 0 Å². The minimum absolute atomic E-state index is 0.312. The molecular weight excluding hydrogens is 388 g/mol. The van der Waals surface area contributed by atoms with Crippen molar-refractivity contribution in [1.29, 1.82) is 0 Å². The third-order valence-corrected chi connectivity index (χ3v) is 5.22. The van der Waals surface area contributed by atoms with Gasteiger partial charge in [0.2, 0.25) is 0 Å². The Balaban J connectivity index is 1.63. The molecule has 0 saturated heterocycles. The number of aromatic nitrogens is 1. The molecule has 1 amide bonds. The van der Waals surface area contributed by atoms with E-state index in [4.69, 9.17) is 14.2 Å². The van der Waals surface area contributed by atoms with E-state index in [0.29, 0.717) is 39.2 Å². The van der Waals surface area contributed by atoms with Crippen LogP contribution in [0.15, 0.2) is 66.7 Å². The molecule has 0 aliphatic carbocycles. The highest BCUT2D eigenvalue weighted by molar-refractivity contribution is 7.22. The van der Waals surface area contributed by atoms with Crippen molar-refractivity contribution in [2.75, 3.05) is 19.5 Å². The van der Waals surface area contributed by atoms with Crippen molar-refractivity contribution in [3.8, 4) is 23.0 Å². The Bertz CT molecular complexity index is 1120. The Hall–Kier alpha value is -3.58. The quantitative estimate of drug-likeness (QED) is 0.467. The molecule has 1 heterocycles. The van der Waals surface area contributed by atoms with Gasteiger partial charge in [0, 0.05) is 0 Å².